The van der Waals surface area contributed by atoms with Gasteiger partial charge in [-0.15, -0.1) is 0 Å². The van der Waals surface area contributed by atoms with Gasteiger partial charge in [0.25, 0.3) is 11.8 Å². The molecule has 1 aromatic heterocycles. The highest BCUT2D eigenvalue weighted by Gasteiger charge is 2.13. The summed E-state index contributed by atoms with van der Waals surface area (Å²) in [4.78, 5) is 28.9. The molecule has 0 saturated heterocycles. The minimum absolute atomic E-state index is 0.0492. The number of amides is 2. The lowest BCUT2D eigenvalue weighted by Crippen LogP contribution is -2.17. The molecule has 0 saturated carbocycles. The van der Waals surface area contributed by atoms with Gasteiger partial charge in [-0.25, -0.2) is 4.39 Å². The van der Waals surface area contributed by atoms with E-state index >= 15 is 0 Å². The molecule has 3 rings (SSSR count). The van der Waals surface area contributed by atoms with E-state index in [9.17, 15) is 14.0 Å². The van der Waals surface area contributed by atoms with Crippen molar-refractivity contribution in [3.63, 3.8) is 0 Å². The van der Waals surface area contributed by atoms with Crippen LogP contribution in [0.25, 0.3) is 0 Å². The maximum absolute atomic E-state index is 13.2. The van der Waals surface area contributed by atoms with Crippen LogP contribution in [0.5, 0.6) is 0 Å². The number of nitrogens with zero attached hydrogens (tertiary/aromatic N) is 1. The number of nitrogens with one attached hydrogen (secondary N) is 2. The van der Waals surface area contributed by atoms with Crippen LogP contribution in [0.1, 0.15) is 32.0 Å². The van der Waals surface area contributed by atoms with Crippen LogP contribution in [0.4, 0.5) is 15.8 Å². The van der Waals surface area contributed by atoms with Gasteiger partial charge >= 0.3 is 0 Å². The summed E-state index contributed by atoms with van der Waals surface area (Å²) in [6, 6.07) is 12.3. The molecule has 1 heterocycles. The summed E-state index contributed by atoms with van der Waals surface area (Å²) in [5, 5.41) is 5.27. The molecule has 28 heavy (non-hydrogen) atoms. The van der Waals surface area contributed by atoms with Crippen LogP contribution < -0.4 is 10.6 Å². The molecular formula is C21H17ClFN3O2. The van der Waals surface area contributed by atoms with E-state index in [1.165, 1.54) is 30.5 Å². The fraction of sp³-hybridized carbons (Fsp3) is 0.0952. The van der Waals surface area contributed by atoms with Gasteiger partial charge in [0.05, 0.1) is 5.02 Å². The van der Waals surface area contributed by atoms with Crippen molar-refractivity contribution in [2.45, 2.75) is 13.8 Å². The Balaban J connectivity index is 1.75. The largest absolute Gasteiger partial charge is 0.322 e. The predicted molar refractivity (Wildman–Crippen MR) is 107 cm³/mol. The number of carbonyl (C=O) groups excluding carboxylic acids is 2. The average Bonchev–Trinajstić information content (AvgIpc) is 2.67. The third-order valence-corrected chi connectivity index (χ3v) is 4.49. The van der Waals surface area contributed by atoms with Crippen molar-refractivity contribution in [1.29, 1.82) is 0 Å². The molecule has 0 aliphatic heterocycles. The van der Waals surface area contributed by atoms with Gasteiger partial charge in [-0.3, -0.25) is 14.6 Å². The summed E-state index contributed by atoms with van der Waals surface area (Å²) in [6.45, 7) is 3.95. The Morgan fingerprint density at radius 2 is 1.57 bits per heavy atom. The predicted octanol–water partition coefficient (Wildman–Crippen LogP) is 5.00. The van der Waals surface area contributed by atoms with Crippen LogP contribution in [0, 0.1) is 19.7 Å². The second-order valence-electron chi connectivity index (χ2n) is 6.27. The number of anilines is 2. The van der Waals surface area contributed by atoms with Crippen LogP contribution in [0.15, 0.2) is 54.7 Å². The summed E-state index contributed by atoms with van der Waals surface area (Å²) in [5.41, 5.74) is 3.51. The highest BCUT2D eigenvalue weighted by molar-refractivity contribution is 6.31. The molecule has 0 spiro atoms. The quantitative estimate of drug-likeness (QED) is 0.651. The molecule has 0 aliphatic rings. The number of benzene rings is 2. The van der Waals surface area contributed by atoms with Crippen molar-refractivity contribution in [3.8, 4) is 0 Å². The Bertz CT molecular complexity index is 989. The molecule has 2 aromatic carbocycles. The van der Waals surface area contributed by atoms with Gasteiger partial charge in [0.1, 0.15) is 11.5 Å². The first kappa shape index (κ1) is 19.5. The second-order valence-corrected chi connectivity index (χ2v) is 6.67. The lowest BCUT2D eigenvalue weighted by atomic mass is 10.1. The van der Waals surface area contributed by atoms with Gasteiger partial charge < -0.3 is 10.6 Å². The van der Waals surface area contributed by atoms with Crippen molar-refractivity contribution >= 4 is 34.8 Å². The van der Waals surface area contributed by atoms with Crippen molar-refractivity contribution in [2.24, 2.45) is 0 Å². The summed E-state index contributed by atoms with van der Waals surface area (Å²) >= 11 is 5.71. The van der Waals surface area contributed by atoms with Crippen molar-refractivity contribution < 1.29 is 14.0 Å². The normalized spacial score (nSPS) is 10.4. The third kappa shape index (κ3) is 4.53. The number of pyridine rings is 1. The SMILES string of the molecule is Cc1ccc(NC(=O)c2ccnc(C(=O)Nc3ccc(F)c(Cl)c3)c2)cc1C. The van der Waals surface area contributed by atoms with Crippen molar-refractivity contribution in [1.82, 2.24) is 4.98 Å². The average molecular weight is 398 g/mol. The molecule has 2 N–H and O–H groups in total. The third-order valence-electron chi connectivity index (χ3n) is 4.20. The summed E-state index contributed by atoms with van der Waals surface area (Å²) in [5.74, 6) is -1.48. The molecule has 0 fully saturated rings. The van der Waals surface area contributed by atoms with Crippen molar-refractivity contribution in [2.75, 3.05) is 10.6 Å². The first-order valence-electron chi connectivity index (χ1n) is 8.44. The molecule has 3 aromatic rings. The molecule has 0 unspecified atom stereocenters. The Kier molecular flexibility index (Phi) is 5.70. The topological polar surface area (TPSA) is 71.1 Å². The van der Waals surface area contributed by atoms with E-state index in [1.807, 2.05) is 32.0 Å². The minimum atomic E-state index is -0.581. The number of hydrogen-bond acceptors (Lipinski definition) is 3. The molecule has 5 nitrogen and oxygen atoms in total. The molecule has 2 amide bonds. The molecular weight excluding hydrogens is 381 g/mol. The highest BCUT2D eigenvalue weighted by Crippen LogP contribution is 2.20. The van der Waals surface area contributed by atoms with Gasteiger partial charge in [-0.2, -0.15) is 0 Å². The van der Waals surface area contributed by atoms with E-state index in [2.05, 4.69) is 15.6 Å². The van der Waals surface area contributed by atoms with Crippen LogP contribution in [-0.4, -0.2) is 16.8 Å². The molecule has 0 radical (unpaired) electrons. The first-order chi connectivity index (χ1) is 13.3. The van der Waals surface area contributed by atoms with Crippen LogP contribution in [0.2, 0.25) is 5.02 Å². The zero-order valence-corrected chi connectivity index (χ0v) is 16.0. The standard InChI is InChI=1S/C21H17ClFN3O2/c1-12-3-4-15(9-13(12)2)25-20(27)14-7-8-24-19(10-14)21(28)26-16-5-6-18(23)17(22)11-16/h3-11H,1-2H3,(H,25,27)(H,26,28). The first-order valence-corrected chi connectivity index (χ1v) is 8.82. The maximum atomic E-state index is 13.2. The zero-order valence-electron chi connectivity index (χ0n) is 15.2. The Hall–Kier alpha value is -3.25. The van der Waals surface area contributed by atoms with E-state index in [4.69, 9.17) is 11.6 Å². The fourth-order valence-corrected chi connectivity index (χ4v) is 2.67. The second kappa shape index (κ2) is 8.19. The van der Waals surface area contributed by atoms with E-state index in [-0.39, 0.29) is 22.2 Å². The minimum Gasteiger partial charge on any atom is -0.322 e. The van der Waals surface area contributed by atoms with Crippen LogP contribution >= 0.6 is 11.6 Å². The van der Waals surface area contributed by atoms with E-state index in [0.29, 0.717) is 11.4 Å². The number of aryl methyl sites for hydroxylation is 2. The van der Waals surface area contributed by atoms with Crippen LogP contribution in [-0.2, 0) is 0 Å². The lowest BCUT2D eigenvalue weighted by Gasteiger charge is -2.09. The van der Waals surface area contributed by atoms with Gasteiger partial charge in [0.2, 0.25) is 0 Å². The molecule has 0 aliphatic carbocycles. The van der Waals surface area contributed by atoms with E-state index in [1.54, 1.807) is 0 Å². The maximum Gasteiger partial charge on any atom is 0.274 e. The number of carbonyl (C=O) groups is 2. The van der Waals surface area contributed by atoms with Gasteiger partial charge in [0.15, 0.2) is 0 Å². The number of halogens is 2. The van der Waals surface area contributed by atoms with Gasteiger partial charge in [0, 0.05) is 23.1 Å². The van der Waals surface area contributed by atoms with Crippen molar-refractivity contribution in [3.05, 3.63) is 88.0 Å². The van der Waals surface area contributed by atoms with Crippen LogP contribution in [0.3, 0.4) is 0 Å². The van der Waals surface area contributed by atoms with E-state index < -0.39 is 11.7 Å². The summed E-state index contributed by atoms with van der Waals surface area (Å²) in [7, 11) is 0. The number of aromatic nitrogens is 1. The molecule has 0 bridgehead atoms. The number of rotatable bonds is 4. The van der Waals surface area contributed by atoms with E-state index in [0.717, 1.165) is 17.2 Å². The highest BCUT2D eigenvalue weighted by atomic mass is 35.5. The smallest absolute Gasteiger partial charge is 0.274 e. The molecule has 0 atom stereocenters. The zero-order chi connectivity index (χ0) is 20.3. The Morgan fingerprint density at radius 3 is 2.29 bits per heavy atom. The monoisotopic (exact) mass is 397 g/mol. The van der Waals surface area contributed by atoms with Gasteiger partial charge in [-0.05, 0) is 67.4 Å². The van der Waals surface area contributed by atoms with Gasteiger partial charge in [-0.1, -0.05) is 17.7 Å². The Labute approximate surface area is 166 Å². The lowest BCUT2D eigenvalue weighted by molar-refractivity contribution is 0.102. The Morgan fingerprint density at radius 1 is 0.893 bits per heavy atom. The number of hydrogen-bond donors (Lipinski definition) is 2. The summed E-state index contributed by atoms with van der Waals surface area (Å²) < 4.78 is 13.2. The molecule has 7 heteroatoms. The fourth-order valence-electron chi connectivity index (χ4n) is 2.49. The molecule has 142 valence electrons. The summed E-state index contributed by atoms with van der Waals surface area (Å²) in [6.07, 6.45) is 1.38.